The normalized spacial score (nSPS) is 17.1. The van der Waals surface area contributed by atoms with Crippen molar-refractivity contribution in [2.24, 2.45) is 5.73 Å². The Morgan fingerprint density at radius 2 is 0.909 bits per heavy atom. The van der Waals surface area contributed by atoms with Crippen LogP contribution in [0.4, 0.5) is 0 Å². The lowest BCUT2D eigenvalue weighted by atomic mass is 10.1. The zero-order chi connectivity index (χ0) is 26.0. The van der Waals surface area contributed by atoms with Gasteiger partial charge in [0.15, 0.2) is 0 Å². The molecule has 0 heterocycles. The van der Waals surface area contributed by atoms with Gasteiger partial charge < -0.3 is 42.5 Å². The van der Waals surface area contributed by atoms with E-state index >= 15 is 0 Å². The molecule has 0 rings (SSSR count). The molecule has 9 N–H and O–H groups in total. The van der Waals surface area contributed by atoms with Crippen LogP contribution < -0.4 is 32.3 Å². The third-order valence-corrected chi connectivity index (χ3v) is 4.46. The highest BCUT2D eigenvalue weighted by atomic mass is 16.4. The van der Waals surface area contributed by atoms with E-state index in [4.69, 9.17) is 10.8 Å². The minimum Gasteiger partial charge on any atom is -0.480 e. The number of aliphatic hydroxyl groups is 1. The topological polar surface area (TPSA) is 229 Å². The van der Waals surface area contributed by atoms with Crippen molar-refractivity contribution < 1.29 is 39.0 Å². The molecule has 0 aromatic carbocycles. The summed E-state index contributed by atoms with van der Waals surface area (Å²) >= 11 is 0. The van der Waals surface area contributed by atoms with Crippen molar-refractivity contribution in [3.63, 3.8) is 0 Å². The maximum atomic E-state index is 12.5. The number of carbonyl (C=O) groups is 6. The van der Waals surface area contributed by atoms with E-state index < -0.39 is 77.9 Å². The molecule has 0 aliphatic rings. The average Bonchev–Trinajstić information content (AvgIpc) is 2.70. The van der Waals surface area contributed by atoms with Gasteiger partial charge >= 0.3 is 5.97 Å². The number of hydrogen-bond acceptors (Lipinski definition) is 8. The molecule has 7 atom stereocenters. The number of carbonyl (C=O) groups excluding carboxylic acids is 5. The molecule has 0 bridgehead atoms. The molecule has 0 saturated carbocycles. The van der Waals surface area contributed by atoms with Crippen molar-refractivity contribution in [2.75, 3.05) is 0 Å². The second kappa shape index (κ2) is 13.3. The third kappa shape index (κ3) is 10.3. The summed E-state index contributed by atoms with van der Waals surface area (Å²) in [5.41, 5.74) is 5.42. The van der Waals surface area contributed by atoms with Crippen LogP contribution >= 0.6 is 0 Å². The Kier molecular flexibility index (Phi) is 12.0. The summed E-state index contributed by atoms with van der Waals surface area (Å²) < 4.78 is 0. The third-order valence-electron chi connectivity index (χ3n) is 4.46. The van der Waals surface area contributed by atoms with Crippen molar-refractivity contribution >= 4 is 35.5 Å². The molecule has 0 fully saturated rings. The number of aliphatic carboxylic acids is 1. The summed E-state index contributed by atoms with van der Waals surface area (Å²) in [4.78, 5) is 71.4. The zero-order valence-corrected chi connectivity index (χ0v) is 19.5. The van der Waals surface area contributed by atoms with E-state index in [0.717, 1.165) is 0 Å². The zero-order valence-electron chi connectivity index (χ0n) is 19.5. The van der Waals surface area contributed by atoms with E-state index in [9.17, 15) is 33.9 Å². The molecule has 0 unspecified atom stereocenters. The minimum absolute atomic E-state index is 0.586. The van der Waals surface area contributed by atoms with Gasteiger partial charge in [0.2, 0.25) is 29.5 Å². The summed E-state index contributed by atoms with van der Waals surface area (Å²) in [6.07, 6.45) is -1.34. The predicted octanol–water partition coefficient (Wildman–Crippen LogP) is -3.70. The Bertz CT molecular complexity index is 757. The van der Waals surface area contributed by atoms with E-state index in [2.05, 4.69) is 26.6 Å². The highest BCUT2D eigenvalue weighted by Crippen LogP contribution is 1.98. The number of nitrogens with one attached hydrogen (secondary N) is 5. The van der Waals surface area contributed by atoms with Crippen LogP contribution in [0, 0.1) is 0 Å². The number of carboxylic acid groups (broad SMARTS) is 1. The summed E-state index contributed by atoms with van der Waals surface area (Å²) in [6.45, 7) is 7.93. The Morgan fingerprint density at radius 1 is 0.576 bits per heavy atom. The summed E-state index contributed by atoms with van der Waals surface area (Å²) in [5.74, 6) is -4.99. The first-order valence-electron chi connectivity index (χ1n) is 10.3. The number of carboxylic acids is 1. The standard InChI is InChI=1S/C19H34N6O8/c1-7(20)14(27)21-10(4)17(30)25-13(12(6)26)18(31)23-9(3)15(28)22-8(2)16(29)24-11(5)19(32)33/h7-13,26H,20H2,1-6H3,(H,21,27)(H,22,28)(H,23,31)(H,24,29)(H,25,30)(H,32,33)/t7-,8-,9-,10-,11-,12+,13-/m0/s1. The molecular weight excluding hydrogens is 440 g/mol. The second-order valence-electron chi connectivity index (χ2n) is 7.77. The van der Waals surface area contributed by atoms with Gasteiger partial charge in [0.1, 0.15) is 30.2 Å². The first-order chi connectivity index (χ1) is 15.1. The van der Waals surface area contributed by atoms with Gasteiger partial charge in [-0.15, -0.1) is 0 Å². The van der Waals surface area contributed by atoms with Crippen molar-refractivity contribution in [3.8, 4) is 0 Å². The molecule has 0 saturated heterocycles. The van der Waals surface area contributed by atoms with Gasteiger partial charge in [-0.25, -0.2) is 0 Å². The van der Waals surface area contributed by atoms with Gasteiger partial charge in [0, 0.05) is 0 Å². The monoisotopic (exact) mass is 474 g/mol. The van der Waals surface area contributed by atoms with Gasteiger partial charge in [0.05, 0.1) is 12.1 Å². The van der Waals surface area contributed by atoms with Crippen LogP contribution in [0.15, 0.2) is 0 Å². The smallest absolute Gasteiger partial charge is 0.325 e. The molecule has 0 aromatic rings. The lowest BCUT2D eigenvalue weighted by Gasteiger charge is -2.25. The summed E-state index contributed by atoms with van der Waals surface area (Å²) in [7, 11) is 0. The van der Waals surface area contributed by atoms with Crippen LogP contribution in [-0.4, -0.2) is 88.1 Å². The van der Waals surface area contributed by atoms with Crippen molar-refractivity contribution in [1.29, 1.82) is 0 Å². The van der Waals surface area contributed by atoms with Crippen molar-refractivity contribution in [2.45, 2.75) is 83.9 Å². The highest BCUT2D eigenvalue weighted by molar-refractivity contribution is 5.96. The fourth-order valence-corrected chi connectivity index (χ4v) is 2.27. The largest absolute Gasteiger partial charge is 0.480 e. The molecule has 33 heavy (non-hydrogen) atoms. The van der Waals surface area contributed by atoms with E-state index in [0.29, 0.717) is 0 Å². The molecule has 0 aromatic heterocycles. The maximum absolute atomic E-state index is 12.5. The van der Waals surface area contributed by atoms with Gasteiger partial charge in [-0.3, -0.25) is 28.8 Å². The molecular formula is C19H34N6O8. The highest BCUT2D eigenvalue weighted by Gasteiger charge is 2.31. The SMILES string of the molecule is C[C@H](N)C(=O)N[C@@H](C)C(=O)N[C@H](C(=O)N[C@@H](C)C(=O)N[C@@H](C)C(=O)N[C@@H](C)C(=O)O)[C@@H](C)O. The molecule has 0 aliphatic heterocycles. The number of hydrogen-bond donors (Lipinski definition) is 8. The molecule has 14 nitrogen and oxygen atoms in total. The fraction of sp³-hybridized carbons (Fsp3) is 0.684. The number of nitrogens with two attached hydrogens (primary N) is 1. The predicted molar refractivity (Wildman–Crippen MR) is 115 cm³/mol. The average molecular weight is 475 g/mol. The Balaban J connectivity index is 4.96. The Labute approximate surface area is 191 Å². The van der Waals surface area contributed by atoms with E-state index in [1.807, 2.05) is 0 Å². The van der Waals surface area contributed by atoms with Crippen LogP contribution in [0.5, 0.6) is 0 Å². The van der Waals surface area contributed by atoms with Crippen molar-refractivity contribution in [1.82, 2.24) is 26.6 Å². The van der Waals surface area contributed by atoms with Crippen LogP contribution in [-0.2, 0) is 28.8 Å². The molecule has 14 heteroatoms. The van der Waals surface area contributed by atoms with Crippen LogP contribution in [0.1, 0.15) is 41.5 Å². The van der Waals surface area contributed by atoms with Gasteiger partial charge in [-0.1, -0.05) is 0 Å². The van der Waals surface area contributed by atoms with E-state index in [-0.39, 0.29) is 0 Å². The summed E-state index contributed by atoms with van der Waals surface area (Å²) in [6, 6.07) is -6.78. The molecule has 188 valence electrons. The Hall–Kier alpha value is -3.26. The maximum Gasteiger partial charge on any atom is 0.325 e. The Morgan fingerprint density at radius 3 is 1.27 bits per heavy atom. The minimum atomic E-state index is -1.44. The van der Waals surface area contributed by atoms with Crippen LogP contribution in [0.25, 0.3) is 0 Å². The van der Waals surface area contributed by atoms with E-state index in [1.165, 1.54) is 41.5 Å². The van der Waals surface area contributed by atoms with Crippen LogP contribution in [0.2, 0.25) is 0 Å². The van der Waals surface area contributed by atoms with Crippen LogP contribution in [0.3, 0.4) is 0 Å². The molecule has 0 spiro atoms. The molecule has 5 amide bonds. The first kappa shape index (κ1) is 29.7. The summed E-state index contributed by atoms with van der Waals surface area (Å²) in [5, 5.41) is 30.2. The quantitative estimate of drug-likeness (QED) is 0.139. The van der Waals surface area contributed by atoms with Gasteiger partial charge in [-0.2, -0.15) is 0 Å². The van der Waals surface area contributed by atoms with Gasteiger partial charge in [0.25, 0.3) is 0 Å². The number of rotatable bonds is 12. The fourth-order valence-electron chi connectivity index (χ4n) is 2.27. The number of amides is 5. The van der Waals surface area contributed by atoms with Gasteiger partial charge in [-0.05, 0) is 41.5 Å². The molecule has 0 aliphatic carbocycles. The number of aliphatic hydroxyl groups excluding tert-OH is 1. The lowest BCUT2D eigenvalue weighted by molar-refractivity contribution is -0.141. The lowest BCUT2D eigenvalue weighted by Crippen LogP contribution is -2.60. The van der Waals surface area contributed by atoms with E-state index in [1.54, 1.807) is 0 Å². The van der Waals surface area contributed by atoms with Crippen molar-refractivity contribution in [3.05, 3.63) is 0 Å². The molecule has 0 radical (unpaired) electrons. The second-order valence-corrected chi connectivity index (χ2v) is 7.77. The first-order valence-corrected chi connectivity index (χ1v) is 10.3.